The van der Waals surface area contributed by atoms with Gasteiger partial charge >= 0.3 is 0 Å². The summed E-state index contributed by atoms with van der Waals surface area (Å²) < 4.78 is 1.47. The standard InChI is InChI=1S/C13H10N6O2S/c20-12(15-16-13(21)10-5-6-22-7-10)9-1-3-11(4-2-9)19-8-14-17-18-19/h1-8H,(H,15,20)(H,16,21). The van der Waals surface area contributed by atoms with E-state index in [0.29, 0.717) is 11.1 Å². The summed E-state index contributed by atoms with van der Waals surface area (Å²) in [5.41, 5.74) is 6.35. The number of nitrogens with zero attached hydrogens (tertiary/aromatic N) is 4. The Morgan fingerprint density at radius 2 is 1.73 bits per heavy atom. The molecular weight excluding hydrogens is 304 g/mol. The third-order valence-electron chi connectivity index (χ3n) is 2.82. The number of tetrazole rings is 1. The molecule has 110 valence electrons. The van der Waals surface area contributed by atoms with Gasteiger partial charge in [0.15, 0.2) is 0 Å². The van der Waals surface area contributed by atoms with Gasteiger partial charge in [-0.3, -0.25) is 20.4 Å². The Morgan fingerprint density at radius 3 is 2.32 bits per heavy atom. The number of rotatable bonds is 3. The molecule has 1 aromatic carbocycles. The topological polar surface area (TPSA) is 102 Å². The van der Waals surface area contributed by atoms with Crippen molar-refractivity contribution in [3.63, 3.8) is 0 Å². The normalized spacial score (nSPS) is 10.2. The van der Waals surface area contributed by atoms with Crippen LogP contribution in [-0.4, -0.2) is 32.0 Å². The number of hydrogen-bond acceptors (Lipinski definition) is 6. The molecule has 8 nitrogen and oxygen atoms in total. The van der Waals surface area contributed by atoms with Gasteiger partial charge in [-0.25, -0.2) is 4.68 Å². The lowest BCUT2D eigenvalue weighted by Gasteiger charge is -2.07. The summed E-state index contributed by atoms with van der Waals surface area (Å²) in [5, 5.41) is 14.3. The summed E-state index contributed by atoms with van der Waals surface area (Å²) in [6.45, 7) is 0. The molecule has 2 aromatic heterocycles. The van der Waals surface area contributed by atoms with Gasteiger partial charge in [0.25, 0.3) is 11.8 Å². The second-order valence-electron chi connectivity index (χ2n) is 4.22. The summed E-state index contributed by atoms with van der Waals surface area (Å²) in [6, 6.07) is 8.30. The first-order valence-electron chi connectivity index (χ1n) is 6.20. The zero-order chi connectivity index (χ0) is 15.4. The molecule has 2 heterocycles. The summed E-state index contributed by atoms with van der Waals surface area (Å²) in [7, 11) is 0. The number of carbonyl (C=O) groups is 2. The first-order valence-corrected chi connectivity index (χ1v) is 7.14. The molecule has 0 saturated heterocycles. The van der Waals surface area contributed by atoms with Crippen LogP contribution in [0.1, 0.15) is 20.7 Å². The molecule has 0 aliphatic carbocycles. The van der Waals surface area contributed by atoms with Crippen molar-refractivity contribution < 1.29 is 9.59 Å². The van der Waals surface area contributed by atoms with Crippen LogP contribution >= 0.6 is 11.3 Å². The van der Waals surface area contributed by atoms with E-state index in [9.17, 15) is 9.59 Å². The third kappa shape index (κ3) is 2.99. The Bertz CT molecular complexity index is 767. The Labute approximate surface area is 128 Å². The average molecular weight is 314 g/mol. The van der Waals surface area contributed by atoms with Gasteiger partial charge in [0.2, 0.25) is 0 Å². The number of benzene rings is 1. The van der Waals surface area contributed by atoms with Gasteiger partial charge in [0.05, 0.1) is 11.3 Å². The van der Waals surface area contributed by atoms with Crippen LogP contribution in [0.3, 0.4) is 0 Å². The van der Waals surface area contributed by atoms with Crippen molar-refractivity contribution in [3.8, 4) is 5.69 Å². The van der Waals surface area contributed by atoms with E-state index in [0.717, 1.165) is 5.69 Å². The number of hydrogen-bond donors (Lipinski definition) is 2. The smallest absolute Gasteiger partial charge is 0.267 e. The molecule has 0 bridgehead atoms. The molecule has 0 aliphatic heterocycles. The molecule has 3 rings (SSSR count). The Balaban J connectivity index is 1.62. The predicted molar refractivity (Wildman–Crippen MR) is 78.4 cm³/mol. The number of nitrogens with one attached hydrogen (secondary N) is 2. The minimum absolute atomic E-state index is 0.361. The highest BCUT2D eigenvalue weighted by molar-refractivity contribution is 7.08. The van der Waals surface area contributed by atoms with Crippen LogP contribution in [0.25, 0.3) is 5.69 Å². The largest absolute Gasteiger partial charge is 0.270 e. The Hall–Kier alpha value is -3.07. The maximum absolute atomic E-state index is 11.9. The lowest BCUT2D eigenvalue weighted by Crippen LogP contribution is -2.41. The van der Waals surface area contributed by atoms with Crippen molar-refractivity contribution in [2.75, 3.05) is 0 Å². The van der Waals surface area contributed by atoms with Crippen molar-refractivity contribution in [1.29, 1.82) is 0 Å². The maximum Gasteiger partial charge on any atom is 0.270 e. The van der Waals surface area contributed by atoms with Crippen LogP contribution in [0.5, 0.6) is 0 Å². The van der Waals surface area contributed by atoms with Crippen molar-refractivity contribution >= 4 is 23.2 Å². The first kappa shape index (κ1) is 13.9. The molecule has 9 heteroatoms. The SMILES string of the molecule is O=C(NNC(=O)c1ccsc1)c1ccc(-n2cnnn2)cc1. The molecule has 2 amide bonds. The first-order chi connectivity index (χ1) is 10.7. The summed E-state index contributed by atoms with van der Waals surface area (Å²) in [5.74, 6) is -0.772. The predicted octanol–water partition coefficient (Wildman–Crippen LogP) is 0.799. The minimum atomic E-state index is -0.410. The lowest BCUT2D eigenvalue weighted by atomic mass is 10.2. The van der Waals surface area contributed by atoms with Crippen LogP contribution < -0.4 is 10.9 Å². The van der Waals surface area contributed by atoms with E-state index in [1.54, 1.807) is 41.1 Å². The highest BCUT2D eigenvalue weighted by Crippen LogP contribution is 2.08. The summed E-state index contributed by atoms with van der Waals surface area (Å²) >= 11 is 1.41. The number of carbonyl (C=O) groups excluding carboxylic acids is 2. The van der Waals surface area contributed by atoms with Gasteiger partial charge in [-0.2, -0.15) is 11.3 Å². The van der Waals surface area contributed by atoms with Gasteiger partial charge in [0, 0.05) is 10.9 Å². The van der Waals surface area contributed by atoms with Crippen LogP contribution in [0.15, 0.2) is 47.4 Å². The fourth-order valence-electron chi connectivity index (χ4n) is 1.70. The highest BCUT2D eigenvalue weighted by Gasteiger charge is 2.09. The molecule has 0 fully saturated rings. The molecule has 0 radical (unpaired) electrons. The average Bonchev–Trinajstić information content (AvgIpc) is 3.25. The number of aromatic nitrogens is 4. The molecule has 0 unspecified atom stereocenters. The van der Waals surface area contributed by atoms with Crippen LogP contribution in [0.4, 0.5) is 0 Å². The molecule has 0 aliphatic rings. The minimum Gasteiger partial charge on any atom is -0.267 e. The van der Waals surface area contributed by atoms with E-state index in [4.69, 9.17) is 0 Å². The zero-order valence-electron chi connectivity index (χ0n) is 11.1. The quantitative estimate of drug-likeness (QED) is 0.696. The lowest BCUT2D eigenvalue weighted by molar-refractivity contribution is 0.0847. The third-order valence-corrected chi connectivity index (χ3v) is 3.50. The van der Waals surface area contributed by atoms with Gasteiger partial charge in [-0.05, 0) is 46.1 Å². The monoisotopic (exact) mass is 314 g/mol. The van der Waals surface area contributed by atoms with Crippen LogP contribution in [0.2, 0.25) is 0 Å². The van der Waals surface area contributed by atoms with Gasteiger partial charge in [-0.1, -0.05) is 0 Å². The maximum atomic E-state index is 11.9. The molecule has 3 aromatic rings. The number of hydrazine groups is 1. The fraction of sp³-hybridized carbons (Fsp3) is 0. The second-order valence-corrected chi connectivity index (χ2v) is 5.00. The Morgan fingerprint density at radius 1 is 1.00 bits per heavy atom. The van der Waals surface area contributed by atoms with Crippen molar-refractivity contribution in [2.24, 2.45) is 0 Å². The molecule has 0 saturated carbocycles. The summed E-state index contributed by atoms with van der Waals surface area (Å²) in [6.07, 6.45) is 1.45. The zero-order valence-corrected chi connectivity index (χ0v) is 11.9. The molecule has 2 N–H and O–H groups in total. The molecule has 0 spiro atoms. The number of thiophene rings is 1. The highest BCUT2D eigenvalue weighted by atomic mass is 32.1. The van der Waals surface area contributed by atoms with E-state index in [1.165, 1.54) is 22.3 Å². The van der Waals surface area contributed by atoms with E-state index in [1.807, 2.05) is 0 Å². The van der Waals surface area contributed by atoms with Crippen molar-refractivity contribution in [1.82, 2.24) is 31.1 Å². The fourth-order valence-corrected chi connectivity index (χ4v) is 2.33. The van der Waals surface area contributed by atoms with Crippen LogP contribution in [-0.2, 0) is 0 Å². The number of amides is 2. The van der Waals surface area contributed by atoms with Crippen molar-refractivity contribution in [3.05, 3.63) is 58.5 Å². The molecule has 0 atom stereocenters. The van der Waals surface area contributed by atoms with Gasteiger partial charge in [-0.15, -0.1) is 5.10 Å². The van der Waals surface area contributed by atoms with E-state index < -0.39 is 5.91 Å². The van der Waals surface area contributed by atoms with E-state index >= 15 is 0 Å². The Kier molecular flexibility index (Phi) is 3.88. The second kappa shape index (κ2) is 6.14. The molecular formula is C13H10N6O2S. The molecule has 22 heavy (non-hydrogen) atoms. The van der Waals surface area contributed by atoms with Gasteiger partial charge < -0.3 is 0 Å². The van der Waals surface area contributed by atoms with Crippen molar-refractivity contribution in [2.45, 2.75) is 0 Å². The summed E-state index contributed by atoms with van der Waals surface area (Å²) in [4.78, 5) is 23.7. The van der Waals surface area contributed by atoms with Crippen LogP contribution in [0, 0.1) is 0 Å². The van der Waals surface area contributed by atoms with E-state index in [2.05, 4.69) is 26.4 Å². The van der Waals surface area contributed by atoms with Gasteiger partial charge in [0.1, 0.15) is 6.33 Å². The van der Waals surface area contributed by atoms with E-state index in [-0.39, 0.29) is 5.91 Å².